The molecule has 1 aliphatic heterocycles. The molecule has 106 valence electrons. The third-order valence-electron chi connectivity index (χ3n) is 3.44. The van der Waals surface area contributed by atoms with Crippen LogP contribution in [0.4, 0.5) is 4.79 Å². The number of likely N-dealkylation sites (tertiary alicyclic amines) is 1. The molecule has 1 aliphatic rings. The summed E-state index contributed by atoms with van der Waals surface area (Å²) in [7, 11) is 0. The van der Waals surface area contributed by atoms with Crippen molar-refractivity contribution >= 4 is 6.09 Å². The van der Waals surface area contributed by atoms with Crippen molar-refractivity contribution in [3.05, 3.63) is 0 Å². The van der Waals surface area contributed by atoms with Crippen molar-refractivity contribution < 1.29 is 9.53 Å². The van der Waals surface area contributed by atoms with Crippen LogP contribution in [-0.4, -0.2) is 43.3 Å². The van der Waals surface area contributed by atoms with Gasteiger partial charge in [-0.05, 0) is 38.6 Å². The number of ether oxygens (including phenoxy) is 1. The van der Waals surface area contributed by atoms with E-state index in [-0.39, 0.29) is 6.09 Å². The smallest absolute Gasteiger partial charge is 0.409 e. The first kappa shape index (κ1) is 15.3. The third-order valence-corrected chi connectivity index (χ3v) is 3.44. The molecule has 1 heterocycles. The molecular formula is C14H28N2O2. The van der Waals surface area contributed by atoms with Gasteiger partial charge in [0.1, 0.15) is 0 Å². The van der Waals surface area contributed by atoms with Crippen LogP contribution in [0.15, 0.2) is 0 Å². The number of nitrogens with one attached hydrogen (secondary N) is 1. The Morgan fingerprint density at radius 2 is 2.06 bits per heavy atom. The van der Waals surface area contributed by atoms with Crippen LogP contribution in [0.1, 0.15) is 46.5 Å². The Bertz CT molecular complexity index is 246. The first-order chi connectivity index (χ1) is 8.71. The largest absolute Gasteiger partial charge is 0.450 e. The van der Waals surface area contributed by atoms with E-state index in [9.17, 15) is 4.79 Å². The summed E-state index contributed by atoms with van der Waals surface area (Å²) in [6.45, 7) is 9.37. The molecule has 0 aromatic heterocycles. The highest BCUT2D eigenvalue weighted by Crippen LogP contribution is 2.22. The molecule has 4 heteroatoms. The molecule has 0 radical (unpaired) electrons. The molecule has 0 aromatic carbocycles. The lowest BCUT2D eigenvalue weighted by molar-refractivity contribution is 0.0773. The maximum Gasteiger partial charge on any atom is 0.409 e. The Kier molecular flexibility index (Phi) is 7.09. The van der Waals surface area contributed by atoms with E-state index in [1.54, 1.807) is 0 Å². The number of carbonyl (C=O) groups is 1. The summed E-state index contributed by atoms with van der Waals surface area (Å²) in [5.41, 5.74) is 0. The van der Waals surface area contributed by atoms with Crippen LogP contribution in [0, 0.1) is 5.92 Å². The molecule has 0 saturated carbocycles. The van der Waals surface area contributed by atoms with Gasteiger partial charge in [-0.15, -0.1) is 0 Å². The quantitative estimate of drug-likeness (QED) is 0.794. The van der Waals surface area contributed by atoms with Gasteiger partial charge in [0.15, 0.2) is 0 Å². The maximum absolute atomic E-state index is 11.8. The van der Waals surface area contributed by atoms with Crippen molar-refractivity contribution in [3.63, 3.8) is 0 Å². The second-order valence-electron chi connectivity index (χ2n) is 5.15. The van der Waals surface area contributed by atoms with E-state index < -0.39 is 0 Å². The van der Waals surface area contributed by atoms with E-state index >= 15 is 0 Å². The van der Waals surface area contributed by atoms with Crippen molar-refractivity contribution in [2.24, 2.45) is 5.92 Å². The fourth-order valence-electron chi connectivity index (χ4n) is 2.68. The van der Waals surface area contributed by atoms with Gasteiger partial charge in [-0.3, -0.25) is 0 Å². The highest BCUT2D eigenvalue weighted by Gasteiger charge is 2.29. The van der Waals surface area contributed by atoms with E-state index in [1.807, 2.05) is 11.8 Å². The second kappa shape index (κ2) is 8.35. The monoisotopic (exact) mass is 256 g/mol. The summed E-state index contributed by atoms with van der Waals surface area (Å²) in [5.74, 6) is 0.613. The van der Waals surface area contributed by atoms with Crippen LogP contribution in [-0.2, 0) is 4.74 Å². The van der Waals surface area contributed by atoms with Crippen LogP contribution < -0.4 is 5.32 Å². The van der Waals surface area contributed by atoms with Gasteiger partial charge >= 0.3 is 6.09 Å². The van der Waals surface area contributed by atoms with Gasteiger partial charge in [-0.1, -0.05) is 20.3 Å². The molecule has 1 saturated heterocycles. The van der Waals surface area contributed by atoms with E-state index in [1.165, 1.54) is 19.3 Å². The van der Waals surface area contributed by atoms with Gasteiger partial charge in [0.2, 0.25) is 0 Å². The Labute approximate surface area is 111 Å². The summed E-state index contributed by atoms with van der Waals surface area (Å²) >= 11 is 0. The molecule has 0 aliphatic carbocycles. The SMILES string of the molecule is CCCNC1CC(CCC)CN(C(=O)OCC)C1. The first-order valence-electron chi connectivity index (χ1n) is 7.36. The van der Waals surface area contributed by atoms with Crippen LogP contribution in [0.5, 0.6) is 0 Å². The zero-order valence-electron chi connectivity index (χ0n) is 12.1. The average molecular weight is 256 g/mol. The normalized spacial score (nSPS) is 24.1. The standard InChI is InChI=1S/C14H28N2O2/c1-4-7-12-9-13(15-8-5-2)11-16(10-12)14(17)18-6-3/h12-13,15H,4-11H2,1-3H3. The molecule has 2 unspecified atom stereocenters. The fraction of sp³-hybridized carbons (Fsp3) is 0.929. The molecule has 0 aromatic rings. The number of nitrogens with zero attached hydrogens (tertiary/aromatic N) is 1. The summed E-state index contributed by atoms with van der Waals surface area (Å²) in [5, 5.41) is 3.54. The fourth-order valence-corrected chi connectivity index (χ4v) is 2.68. The topological polar surface area (TPSA) is 41.6 Å². The number of rotatable bonds is 6. The molecule has 2 atom stereocenters. The zero-order chi connectivity index (χ0) is 13.4. The second-order valence-corrected chi connectivity index (χ2v) is 5.15. The molecule has 4 nitrogen and oxygen atoms in total. The number of piperidine rings is 1. The highest BCUT2D eigenvalue weighted by atomic mass is 16.6. The molecule has 18 heavy (non-hydrogen) atoms. The van der Waals surface area contributed by atoms with E-state index in [4.69, 9.17) is 4.74 Å². The van der Waals surface area contributed by atoms with Crippen molar-refractivity contribution in [1.29, 1.82) is 0 Å². The van der Waals surface area contributed by atoms with Gasteiger partial charge < -0.3 is 15.0 Å². The predicted octanol–water partition coefficient (Wildman–Crippen LogP) is 2.63. The minimum absolute atomic E-state index is 0.151. The van der Waals surface area contributed by atoms with Crippen molar-refractivity contribution in [3.8, 4) is 0 Å². The first-order valence-corrected chi connectivity index (χ1v) is 7.36. The number of amides is 1. The summed E-state index contributed by atoms with van der Waals surface area (Å²) in [6.07, 6.45) is 4.54. The summed E-state index contributed by atoms with van der Waals surface area (Å²) in [6, 6.07) is 0.430. The van der Waals surface area contributed by atoms with Gasteiger partial charge in [-0.2, -0.15) is 0 Å². The minimum atomic E-state index is -0.151. The summed E-state index contributed by atoms with van der Waals surface area (Å²) in [4.78, 5) is 13.7. The summed E-state index contributed by atoms with van der Waals surface area (Å²) < 4.78 is 5.12. The minimum Gasteiger partial charge on any atom is -0.450 e. The van der Waals surface area contributed by atoms with Crippen molar-refractivity contribution in [2.45, 2.75) is 52.5 Å². The lowest BCUT2D eigenvalue weighted by Crippen LogP contribution is -2.51. The van der Waals surface area contributed by atoms with Gasteiger partial charge in [0.05, 0.1) is 6.61 Å². The van der Waals surface area contributed by atoms with E-state index in [0.29, 0.717) is 18.6 Å². The molecular weight excluding hydrogens is 228 g/mol. The van der Waals surface area contributed by atoms with Gasteiger partial charge in [0.25, 0.3) is 0 Å². The Morgan fingerprint density at radius 1 is 1.28 bits per heavy atom. The molecule has 1 amide bonds. The van der Waals surface area contributed by atoms with Crippen molar-refractivity contribution in [1.82, 2.24) is 10.2 Å². The van der Waals surface area contributed by atoms with Crippen LogP contribution in [0.2, 0.25) is 0 Å². The molecule has 1 rings (SSSR count). The lowest BCUT2D eigenvalue weighted by Gasteiger charge is -2.37. The lowest BCUT2D eigenvalue weighted by atomic mass is 9.91. The van der Waals surface area contributed by atoms with E-state index in [0.717, 1.165) is 26.1 Å². The third kappa shape index (κ3) is 4.84. The van der Waals surface area contributed by atoms with Crippen LogP contribution in [0.3, 0.4) is 0 Å². The number of hydrogen-bond acceptors (Lipinski definition) is 3. The molecule has 0 spiro atoms. The Balaban J connectivity index is 2.52. The van der Waals surface area contributed by atoms with Crippen LogP contribution in [0.25, 0.3) is 0 Å². The Hall–Kier alpha value is -0.770. The Morgan fingerprint density at radius 3 is 2.67 bits per heavy atom. The predicted molar refractivity (Wildman–Crippen MR) is 73.7 cm³/mol. The van der Waals surface area contributed by atoms with Crippen molar-refractivity contribution in [2.75, 3.05) is 26.2 Å². The number of hydrogen-bond donors (Lipinski definition) is 1. The average Bonchev–Trinajstić information content (AvgIpc) is 2.37. The number of carbonyl (C=O) groups excluding carboxylic acids is 1. The van der Waals surface area contributed by atoms with E-state index in [2.05, 4.69) is 19.2 Å². The highest BCUT2D eigenvalue weighted by molar-refractivity contribution is 5.67. The molecule has 1 N–H and O–H groups in total. The molecule has 0 bridgehead atoms. The van der Waals surface area contributed by atoms with Gasteiger partial charge in [-0.25, -0.2) is 4.79 Å². The van der Waals surface area contributed by atoms with Gasteiger partial charge in [0, 0.05) is 19.1 Å². The zero-order valence-corrected chi connectivity index (χ0v) is 12.1. The molecule has 1 fully saturated rings. The van der Waals surface area contributed by atoms with Crippen LogP contribution >= 0.6 is 0 Å². The maximum atomic E-state index is 11.8.